The van der Waals surface area contributed by atoms with Gasteiger partial charge in [0.25, 0.3) is 0 Å². The van der Waals surface area contributed by atoms with Crippen LogP contribution in [0.2, 0.25) is 0 Å². The van der Waals surface area contributed by atoms with Crippen molar-refractivity contribution in [3.8, 4) is 0 Å². The number of nitrogens with one attached hydrogen (secondary N) is 1. The highest BCUT2D eigenvalue weighted by Crippen LogP contribution is 2.30. The number of aromatic nitrogens is 2. The molecular formula is C15H19N3O2S. The Balaban J connectivity index is 1.70. The first-order valence-electron chi connectivity index (χ1n) is 7.11. The van der Waals surface area contributed by atoms with Crippen LogP contribution < -0.4 is 0 Å². The Morgan fingerprint density at radius 3 is 3.14 bits per heavy atom. The number of ether oxygens (including phenoxy) is 1. The monoisotopic (exact) mass is 305 g/mol. The van der Waals surface area contributed by atoms with Crippen LogP contribution in [0.4, 0.5) is 0 Å². The maximum Gasteiger partial charge on any atom is 0.354 e. The van der Waals surface area contributed by atoms with E-state index in [9.17, 15) is 4.79 Å². The van der Waals surface area contributed by atoms with Gasteiger partial charge in [-0.2, -0.15) is 0 Å². The van der Waals surface area contributed by atoms with Crippen molar-refractivity contribution in [1.29, 1.82) is 0 Å². The molecule has 3 heterocycles. The molecule has 0 amide bonds. The van der Waals surface area contributed by atoms with E-state index in [4.69, 9.17) is 4.74 Å². The molecule has 0 saturated carbocycles. The Morgan fingerprint density at radius 2 is 2.33 bits per heavy atom. The second-order valence-corrected chi connectivity index (χ2v) is 6.18. The summed E-state index contributed by atoms with van der Waals surface area (Å²) in [5.74, 6) is -0.292. The predicted octanol–water partition coefficient (Wildman–Crippen LogP) is 2.82. The van der Waals surface area contributed by atoms with Crippen molar-refractivity contribution in [3.63, 3.8) is 0 Å². The smallest absolute Gasteiger partial charge is 0.354 e. The van der Waals surface area contributed by atoms with E-state index in [1.807, 2.05) is 19.9 Å². The molecule has 2 aromatic rings. The Labute approximate surface area is 128 Å². The van der Waals surface area contributed by atoms with E-state index >= 15 is 0 Å². The summed E-state index contributed by atoms with van der Waals surface area (Å²) in [6, 6.07) is 6.12. The van der Waals surface area contributed by atoms with Crippen LogP contribution >= 0.6 is 11.9 Å². The van der Waals surface area contributed by atoms with Crippen molar-refractivity contribution in [1.82, 2.24) is 13.9 Å². The van der Waals surface area contributed by atoms with Crippen molar-refractivity contribution < 1.29 is 9.53 Å². The number of hydrogen-bond donors (Lipinski definition) is 1. The fourth-order valence-electron chi connectivity index (χ4n) is 2.46. The zero-order valence-corrected chi connectivity index (χ0v) is 13.1. The van der Waals surface area contributed by atoms with Crippen LogP contribution in [0.1, 0.15) is 28.8 Å². The molecule has 0 aromatic carbocycles. The highest BCUT2D eigenvalue weighted by Gasteiger charge is 2.19. The molecule has 0 spiro atoms. The van der Waals surface area contributed by atoms with Crippen LogP contribution in [-0.4, -0.2) is 33.0 Å². The molecule has 1 N–H and O–H groups in total. The number of hydrogen-bond acceptors (Lipinski definition) is 4. The number of aryl methyl sites for hydroxylation is 1. The molecule has 0 radical (unpaired) electrons. The van der Waals surface area contributed by atoms with Gasteiger partial charge in [-0.25, -0.2) is 9.10 Å². The van der Waals surface area contributed by atoms with Gasteiger partial charge in [0.05, 0.1) is 6.61 Å². The number of carbonyl (C=O) groups is 1. The van der Waals surface area contributed by atoms with Crippen LogP contribution in [0, 0.1) is 6.92 Å². The van der Waals surface area contributed by atoms with E-state index in [1.165, 1.54) is 5.69 Å². The molecule has 2 aromatic heterocycles. The van der Waals surface area contributed by atoms with Crippen molar-refractivity contribution in [2.24, 2.45) is 0 Å². The quantitative estimate of drug-likeness (QED) is 0.697. The average Bonchev–Trinajstić information content (AvgIpc) is 3.06. The third kappa shape index (κ3) is 3.01. The van der Waals surface area contributed by atoms with E-state index < -0.39 is 0 Å². The maximum atomic E-state index is 11.8. The summed E-state index contributed by atoms with van der Waals surface area (Å²) >= 11 is 1.70. The van der Waals surface area contributed by atoms with Gasteiger partial charge < -0.3 is 14.3 Å². The molecule has 0 aliphatic carbocycles. The van der Waals surface area contributed by atoms with Crippen LogP contribution in [-0.2, 0) is 17.8 Å². The summed E-state index contributed by atoms with van der Waals surface area (Å²) in [4.78, 5) is 15.9. The van der Waals surface area contributed by atoms with Crippen molar-refractivity contribution in [2.75, 3.05) is 13.2 Å². The van der Waals surface area contributed by atoms with E-state index in [1.54, 1.807) is 11.9 Å². The molecule has 21 heavy (non-hydrogen) atoms. The van der Waals surface area contributed by atoms with Gasteiger partial charge in [-0.1, -0.05) is 0 Å². The Hall–Kier alpha value is -1.66. The molecule has 3 rings (SSSR count). The number of rotatable bonds is 4. The van der Waals surface area contributed by atoms with Gasteiger partial charge in [-0.3, -0.25) is 0 Å². The lowest BCUT2D eigenvalue weighted by Gasteiger charge is -2.27. The SMILES string of the molecule is CCOC(=O)c1cc(SN2CCn3cccc3C2)c(C)[nH]1. The first-order chi connectivity index (χ1) is 10.2. The average molecular weight is 305 g/mol. The number of carbonyl (C=O) groups excluding carboxylic acids is 1. The minimum atomic E-state index is -0.292. The summed E-state index contributed by atoms with van der Waals surface area (Å²) in [5.41, 5.74) is 2.86. The second-order valence-electron chi connectivity index (χ2n) is 5.04. The maximum absolute atomic E-state index is 11.8. The summed E-state index contributed by atoms with van der Waals surface area (Å²) in [6.45, 7) is 7.10. The van der Waals surface area contributed by atoms with E-state index in [2.05, 4.69) is 32.2 Å². The first kappa shape index (κ1) is 14.3. The largest absolute Gasteiger partial charge is 0.461 e. The molecular weight excluding hydrogens is 286 g/mol. The lowest BCUT2D eigenvalue weighted by Crippen LogP contribution is -2.27. The molecule has 0 saturated heterocycles. The molecule has 0 unspecified atom stereocenters. The van der Waals surface area contributed by atoms with Gasteiger partial charge >= 0.3 is 5.97 Å². The van der Waals surface area contributed by atoms with Crippen molar-refractivity contribution >= 4 is 17.9 Å². The summed E-state index contributed by atoms with van der Waals surface area (Å²) < 4.78 is 9.63. The van der Waals surface area contributed by atoms with Gasteiger partial charge in [0.1, 0.15) is 5.69 Å². The third-order valence-corrected chi connectivity index (χ3v) is 4.73. The highest BCUT2D eigenvalue weighted by molar-refractivity contribution is 7.97. The minimum Gasteiger partial charge on any atom is -0.461 e. The van der Waals surface area contributed by atoms with E-state index in [0.717, 1.165) is 30.2 Å². The van der Waals surface area contributed by atoms with Crippen molar-refractivity contribution in [2.45, 2.75) is 31.8 Å². The number of nitrogens with zero attached hydrogens (tertiary/aromatic N) is 2. The fourth-order valence-corrected chi connectivity index (χ4v) is 3.47. The summed E-state index contributed by atoms with van der Waals surface area (Å²) in [6.07, 6.45) is 2.12. The molecule has 1 aliphatic heterocycles. The second kappa shape index (κ2) is 5.99. The highest BCUT2D eigenvalue weighted by atomic mass is 32.2. The van der Waals surface area contributed by atoms with Gasteiger partial charge in [0, 0.05) is 42.1 Å². The third-order valence-electron chi connectivity index (χ3n) is 3.54. The molecule has 6 heteroatoms. The van der Waals surface area contributed by atoms with Crippen LogP contribution in [0.15, 0.2) is 29.3 Å². The van der Waals surface area contributed by atoms with Gasteiger partial charge in [-0.05, 0) is 44.0 Å². The van der Waals surface area contributed by atoms with Crippen LogP contribution in [0.3, 0.4) is 0 Å². The zero-order valence-electron chi connectivity index (χ0n) is 12.3. The number of H-pyrrole nitrogens is 1. The molecule has 0 fully saturated rings. The molecule has 0 bridgehead atoms. The van der Waals surface area contributed by atoms with Crippen LogP contribution in [0.25, 0.3) is 0 Å². The topological polar surface area (TPSA) is 50.3 Å². The lowest BCUT2D eigenvalue weighted by atomic mass is 10.3. The normalized spacial score (nSPS) is 15.0. The summed E-state index contributed by atoms with van der Waals surface area (Å²) in [7, 11) is 0. The standard InChI is InChI=1S/C15H19N3O2S/c1-3-20-15(19)13-9-14(11(2)16-13)21-18-8-7-17-6-4-5-12(17)10-18/h4-6,9,16H,3,7-8,10H2,1-2H3. The zero-order chi connectivity index (χ0) is 14.8. The Kier molecular flexibility index (Phi) is 4.07. The van der Waals surface area contributed by atoms with Gasteiger partial charge in [0.2, 0.25) is 0 Å². The Morgan fingerprint density at radius 1 is 1.48 bits per heavy atom. The Bertz CT molecular complexity index is 647. The number of fused-ring (bicyclic) bond motifs is 1. The molecule has 112 valence electrons. The van der Waals surface area contributed by atoms with Gasteiger partial charge in [0.15, 0.2) is 0 Å². The van der Waals surface area contributed by atoms with Crippen molar-refractivity contribution in [3.05, 3.63) is 41.5 Å². The summed E-state index contributed by atoms with van der Waals surface area (Å²) in [5, 5.41) is 0. The molecule has 5 nitrogen and oxygen atoms in total. The minimum absolute atomic E-state index is 0.292. The van der Waals surface area contributed by atoms with Crippen LogP contribution in [0.5, 0.6) is 0 Å². The molecule has 1 aliphatic rings. The fraction of sp³-hybridized carbons (Fsp3) is 0.400. The van der Waals surface area contributed by atoms with E-state index in [-0.39, 0.29) is 5.97 Å². The number of aromatic amines is 1. The predicted molar refractivity (Wildman–Crippen MR) is 82.2 cm³/mol. The molecule has 0 atom stereocenters. The number of esters is 1. The van der Waals surface area contributed by atoms with Gasteiger partial charge in [-0.15, -0.1) is 0 Å². The van der Waals surface area contributed by atoms with E-state index in [0.29, 0.717) is 12.3 Å². The lowest BCUT2D eigenvalue weighted by molar-refractivity contribution is 0.0520. The first-order valence-corrected chi connectivity index (χ1v) is 7.88.